The van der Waals surface area contributed by atoms with Crippen LogP contribution in [0.2, 0.25) is 0 Å². The first kappa shape index (κ1) is 14.7. The maximum Gasteiger partial charge on any atom is 0.119 e. The number of ether oxygens (including phenoxy) is 1. The highest BCUT2D eigenvalue weighted by Crippen LogP contribution is 2.22. The first-order valence-corrected chi connectivity index (χ1v) is 8.51. The molecule has 2 rings (SSSR count). The normalized spacial score (nSPS) is 18.2. The largest absolute Gasteiger partial charge is 0.494 e. The van der Waals surface area contributed by atoms with Crippen LogP contribution in [0.4, 0.5) is 0 Å². The van der Waals surface area contributed by atoms with E-state index in [1.165, 1.54) is 29.9 Å². The Kier molecular flexibility index (Phi) is 6.05. The lowest BCUT2D eigenvalue weighted by molar-refractivity contribution is 0.317. The fourth-order valence-electron chi connectivity index (χ4n) is 2.39. The van der Waals surface area contributed by atoms with Crippen LogP contribution in [0.1, 0.15) is 44.7 Å². The molecule has 0 spiro atoms. The van der Waals surface area contributed by atoms with E-state index in [1.807, 2.05) is 0 Å². The molecule has 0 amide bonds. The summed E-state index contributed by atoms with van der Waals surface area (Å²) in [6, 6.07) is 9.64. The van der Waals surface area contributed by atoms with Crippen molar-refractivity contribution in [3.63, 3.8) is 0 Å². The molecule has 0 bridgehead atoms. The minimum atomic E-state index is 0.424. The van der Waals surface area contributed by atoms with Gasteiger partial charge in [0.2, 0.25) is 0 Å². The number of thioether (sulfide) groups is 1. The first-order chi connectivity index (χ1) is 9.29. The van der Waals surface area contributed by atoms with Gasteiger partial charge in [0.25, 0.3) is 0 Å². The van der Waals surface area contributed by atoms with E-state index < -0.39 is 0 Å². The summed E-state index contributed by atoms with van der Waals surface area (Å²) in [5.74, 6) is 3.58. The maximum absolute atomic E-state index is 5.62. The second-order valence-electron chi connectivity index (χ2n) is 5.19. The van der Waals surface area contributed by atoms with Gasteiger partial charge in [0.1, 0.15) is 5.75 Å². The van der Waals surface area contributed by atoms with Gasteiger partial charge in [-0.1, -0.05) is 19.1 Å². The summed E-state index contributed by atoms with van der Waals surface area (Å²) in [6.45, 7) is 5.18. The van der Waals surface area contributed by atoms with E-state index in [1.54, 1.807) is 0 Å². The Balaban J connectivity index is 1.85. The molecule has 0 aliphatic carbocycles. The van der Waals surface area contributed by atoms with Gasteiger partial charge in [0.05, 0.1) is 6.61 Å². The molecule has 19 heavy (non-hydrogen) atoms. The Morgan fingerprint density at radius 2 is 1.95 bits per heavy atom. The molecule has 1 N–H and O–H groups in total. The van der Waals surface area contributed by atoms with Crippen molar-refractivity contribution in [2.75, 3.05) is 18.1 Å². The smallest absolute Gasteiger partial charge is 0.119 e. The van der Waals surface area contributed by atoms with E-state index in [2.05, 4.69) is 55.2 Å². The summed E-state index contributed by atoms with van der Waals surface area (Å²) < 4.78 is 5.62. The van der Waals surface area contributed by atoms with Gasteiger partial charge in [0.15, 0.2) is 0 Å². The summed E-state index contributed by atoms with van der Waals surface area (Å²) in [6.07, 6.45) is 3.65. The van der Waals surface area contributed by atoms with E-state index in [-0.39, 0.29) is 0 Å². The van der Waals surface area contributed by atoms with Crippen molar-refractivity contribution in [3.8, 4) is 5.75 Å². The molecule has 1 aliphatic rings. The predicted molar refractivity (Wildman–Crippen MR) is 84.1 cm³/mol. The third-order valence-electron chi connectivity index (χ3n) is 3.56. The summed E-state index contributed by atoms with van der Waals surface area (Å²) in [7, 11) is 0. The van der Waals surface area contributed by atoms with E-state index >= 15 is 0 Å². The van der Waals surface area contributed by atoms with Crippen molar-refractivity contribution in [1.29, 1.82) is 0 Å². The van der Waals surface area contributed by atoms with Crippen LogP contribution in [0.15, 0.2) is 24.3 Å². The first-order valence-electron chi connectivity index (χ1n) is 7.36. The van der Waals surface area contributed by atoms with Crippen LogP contribution in [-0.4, -0.2) is 24.2 Å². The maximum atomic E-state index is 5.62. The van der Waals surface area contributed by atoms with Gasteiger partial charge >= 0.3 is 0 Å². The van der Waals surface area contributed by atoms with E-state index in [4.69, 9.17) is 4.74 Å². The van der Waals surface area contributed by atoms with Crippen LogP contribution in [-0.2, 0) is 0 Å². The molecule has 3 heteroatoms. The van der Waals surface area contributed by atoms with E-state index in [0.29, 0.717) is 12.1 Å². The molecule has 0 radical (unpaired) electrons. The van der Waals surface area contributed by atoms with Crippen LogP contribution >= 0.6 is 11.8 Å². The molecule has 1 aromatic rings. The summed E-state index contributed by atoms with van der Waals surface area (Å²) >= 11 is 2.07. The molecule has 1 aromatic carbocycles. The van der Waals surface area contributed by atoms with Gasteiger partial charge in [-0.3, -0.25) is 0 Å². The van der Waals surface area contributed by atoms with Crippen LogP contribution in [0.5, 0.6) is 5.75 Å². The Hall–Kier alpha value is -0.670. The lowest BCUT2D eigenvalue weighted by atomic mass is 10.1. The van der Waals surface area contributed by atoms with Gasteiger partial charge in [-0.25, -0.2) is 0 Å². The lowest BCUT2D eigenvalue weighted by Crippen LogP contribution is -2.34. The molecule has 106 valence electrons. The third kappa shape index (κ3) is 4.73. The van der Waals surface area contributed by atoms with Crippen molar-refractivity contribution in [2.24, 2.45) is 0 Å². The lowest BCUT2D eigenvalue weighted by Gasteiger charge is -2.26. The van der Waals surface area contributed by atoms with E-state index in [0.717, 1.165) is 18.8 Å². The highest BCUT2D eigenvalue weighted by atomic mass is 32.2. The van der Waals surface area contributed by atoms with Crippen LogP contribution < -0.4 is 10.1 Å². The molecule has 1 atom stereocenters. The van der Waals surface area contributed by atoms with Crippen LogP contribution in [0, 0.1) is 0 Å². The van der Waals surface area contributed by atoms with E-state index in [9.17, 15) is 0 Å². The zero-order valence-electron chi connectivity index (χ0n) is 12.0. The van der Waals surface area contributed by atoms with Gasteiger partial charge in [0, 0.05) is 12.1 Å². The van der Waals surface area contributed by atoms with Crippen molar-refractivity contribution in [2.45, 2.75) is 45.2 Å². The molecule has 1 saturated heterocycles. The molecule has 1 aliphatic heterocycles. The molecular weight excluding hydrogens is 254 g/mol. The number of nitrogens with one attached hydrogen (secondary N) is 1. The predicted octanol–water partition coefficient (Wildman–Crippen LogP) is 4.02. The quantitative estimate of drug-likeness (QED) is 0.849. The number of hydrogen-bond donors (Lipinski definition) is 1. The highest BCUT2D eigenvalue weighted by molar-refractivity contribution is 7.99. The minimum absolute atomic E-state index is 0.424. The van der Waals surface area contributed by atoms with Crippen LogP contribution in [0.25, 0.3) is 0 Å². The van der Waals surface area contributed by atoms with Crippen molar-refractivity contribution < 1.29 is 4.74 Å². The van der Waals surface area contributed by atoms with Gasteiger partial charge < -0.3 is 10.1 Å². The molecule has 0 aromatic heterocycles. The van der Waals surface area contributed by atoms with Crippen molar-refractivity contribution >= 4 is 11.8 Å². The number of rotatable bonds is 6. The number of benzene rings is 1. The molecule has 1 unspecified atom stereocenters. The number of hydrogen-bond acceptors (Lipinski definition) is 3. The Bertz CT molecular complexity index is 360. The zero-order chi connectivity index (χ0) is 13.5. The van der Waals surface area contributed by atoms with Crippen LogP contribution in [0.3, 0.4) is 0 Å². The zero-order valence-corrected chi connectivity index (χ0v) is 12.8. The molecule has 2 nitrogen and oxygen atoms in total. The monoisotopic (exact) mass is 279 g/mol. The summed E-state index contributed by atoms with van der Waals surface area (Å²) in [5, 5.41) is 3.74. The Labute approximate surface area is 121 Å². The topological polar surface area (TPSA) is 21.3 Å². The van der Waals surface area contributed by atoms with Crippen molar-refractivity contribution in [1.82, 2.24) is 5.32 Å². The molecule has 1 fully saturated rings. The molecular formula is C16H25NOS. The molecule has 0 saturated carbocycles. The average Bonchev–Trinajstić information content (AvgIpc) is 2.46. The summed E-state index contributed by atoms with van der Waals surface area (Å²) in [4.78, 5) is 0. The summed E-state index contributed by atoms with van der Waals surface area (Å²) in [5.41, 5.74) is 1.35. The SMILES string of the molecule is CCCOc1ccc(C(C)NC2CCSCC2)cc1. The Morgan fingerprint density at radius 3 is 2.58 bits per heavy atom. The van der Waals surface area contributed by atoms with Crippen molar-refractivity contribution in [3.05, 3.63) is 29.8 Å². The van der Waals surface area contributed by atoms with Gasteiger partial charge in [-0.2, -0.15) is 11.8 Å². The standard InChI is InChI=1S/C16H25NOS/c1-3-10-18-16-6-4-14(5-7-16)13(2)17-15-8-11-19-12-9-15/h4-7,13,15,17H,3,8-12H2,1-2H3. The average molecular weight is 279 g/mol. The fourth-order valence-corrected chi connectivity index (χ4v) is 3.49. The second kappa shape index (κ2) is 7.81. The Morgan fingerprint density at radius 1 is 1.26 bits per heavy atom. The second-order valence-corrected chi connectivity index (χ2v) is 6.42. The highest BCUT2D eigenvalue weighted by Gasteiger charge is 2.16. The molecule has 1 heterocycles. The van der Waals surface area contributed by atoms with Gasteiger partial charge in [-0.05, 0) is 55.4 Å². The third-order valence-corrected chi connectivity index (χ3v) is 4.61. The fraction of sp³-hybridized carbons (Fsp3) is 0.625. The van der Waals surface area contributed by atoms with Gasteiger partial charge in [-0.15, -0.1) is 0 Å². The minimum Gasteiger partial charge on any atom is -0.494 e.